The predicted molar refractivity (Wildman–Crippen MR) is 114 cm³/mol. The molecule has 0 unspecified atom stereocenters. The van der Waals surface area contributed by atoms with E-state index in [4.69, 9.17) is 0 Å². The Morgan fingerprint density at radius 1 is 0.615 bits per heavy atom. The van der Waals surface area contributed by atoms with Gasteiger partial charge in [-0.1, -0.05) is 66.6 Å². The monoisotopic (exact) mass is 329 g/mol. The van der Waals surface area contributed by atoms with E-state index in [-0.39, 0.29) is 6.85 Å². The topological polar surface area (TPSA) is 3.24 Å². The Labute approximate surface area is 153 Å². The quantitative estimate of drug-likeness (QED) is 0.398. The third-order valence-corrected chi connectivity index (χ3v) is 5.62. The number of hydrogen-bond acceptors (Lipinski definition) is 1. The Balaban J connectivity index is 1.56. The minimum Gasteiger partial charge on any atom is -0.383 e. The Morgan fingerprint density at radius 2 is 1.23 bits per heavy atom. The number of fused-ring (bicyclic) bond motifs is 7. The summed E-state index contributed by atoms with van der Waals surface area (Å²) >= 11 is 0. The predicted octanol–water partition coefficient (Wildman–Crippen LogP) is 5.25. The molecule has 0 aliphatic carbocycles. The average molecular weight is 329 g/mol. The second-order valence-corrected chi connectivity index (χ2v) is 7.11. The zero-order valence-corrected chi connectivity index (χ0v) is 14.3. The van der Waals surface area contributed by atoms with Crippen molar-refractivity contribution in [2.75, 3.05) is 4.81 Å². The van der Waals surface area contributed by atoms with Gasteiger partial charge < -0.3 is 4.81 Å². The molecule has 0 spiro atoms. The first-order valence-electron chi connectivity index (χ1n) is 9.07. The Morgan fingerprint density at radius 3 is 1.96 bits per heavy atom. The summed E-state index contributed by atoms with van der Waals surface area (Å²) in [5.41, 5.74) is 5.26. The molecule has 0 aromatic heterocycles. The summed E-state index contributed by atoms with van der Waals surface area (Å²) < 4.78 is 0. The molecule has 26 heavy (non-hydrogen) atoms. The molecule has 0 atom stereocenters. The van der Waals surface area contributed by atoms with Gasteiger partial charge in [0, 0.05) is 5.69 Å². The molecule has 0 amide bonds. The van der Waals surface area contributed by atoms with E-state index < -0.39 is 0 Å². The van der Waals surface area contributed by atoms with Crippen molar-refractivity contribution in [3.05, 3.63) is 96.1 Å². The van der Waals surface area contributed by atoms with E-state index in [9.17, 15) is 0 Å². The lowest BCUT2D eigenvalue weighted by Gasteiger charge is -2.35. The van der Waals surface area contributed by atoms with Gasteiger partial charge >= 0.3 is 6.85 Å². The van der Waals surface area contributed by atoms with Crippen molar-refractivity contribution in [2.45, 2.75) is 0 Å². The third kappa shape index (κ3) is 1.93. The summed E-state index contributed by atoms with van der Waals surface area (Å²) in [4.78, 5) is 2.40. The maximum Gasteiger partial charge on any atom is 0.320 e. The molecule has 2 heterocycles. The Hall–Kier alpha value is -3.26. The van der Waals surface area contributed by atoms with Crippen LogP contribution in [0.5, 0.6) is 0 Å². The van der Waals surface area contributed by atoms with Crippen molar-refractivity contribution in [1.82, 2.24) is 0 Å². The van der Waals surface area contributed by atoms with E-state index in [2.05, 4.69) is 102 Å². The van der Waals surface area contributed by atoms with E-state index in [1.165, 1.54) is 43.8 Å². The first kappa shape index (κ1) is 14.0. The Kier molecular flexibility index (Phi) is 2.75. The summed E-state index contributed by atoms with van der Waals surface area (Å²) in [5.74, 6) is 2.33. The first-order chi connectivity index (χ1) is 12.9. The molecular weight excluding hydrogens is 313 g/mol. The largest absolute Gasteiger partial charge is 0.383 e. The van der Waals surface area contributed by atoms with Gasteiger partial charge in [-0.15, -0.1) is 0 Å². The average Bonchev–Trinajstić information content (AvgIpc) is 2.70. The van der Waals surface area contributed by atoms with Gasteiger partial charge in [0.05, 0.1) is 0 Å². The number of anilines is 1. The molecule has 2 aliphatic heterocycles. The maximum absolute atomic E-state index is 2.40. The van der Waals surface area contributed by atoms with Gasteiger partial charge in [-0.05, 0) is 68.6 Å². The third-order valence-electron chi connectivity index (χ3n) is 5.62. The summed E-state index contributed by atoms with van der Waals surface area (Å²) in [6.45, 7) is 0.258. The van der Waals surface area contributed by atoms with Crippen molar-refractivity contribution < 1.29 is 0 Å². The van der Waals surface area contributed by atoms with Crippen LogP contribution in [-0.4, -0.2) is 6.85 Å². The highest BCUT2D eigenvalue weighted by molar-refractivity contribution is 6.83. The van der Waals surface area contributed by atoms with Crippen LogP contribution in [0, 0.1) is 0 Å². The fraction of sp³-hybridized carbons (Fsp3) is 0. The lowest BCUT2D eigenvalue weighted by atomic mass is 9.50. The highest BCUT2D eigenvalue weighted by Gasteiger charge is 2.31. The van der Waals surface area contributed by atoms with Gasteiger partial charge in [-0.2, -0.15) is 0 Å². The van der Waals surface area contributed by atoms with Gasteiger partial charge in [0.2, 0.25) is 0 Å². The van der Waals surface area contributed by atoms with Gasteiger partial charge in [-0.3, -0.25) is 0 Å². The van der Waals surface area contributed by atoms with Crippen LogP contribution in [0.1, 0.15) is 11.1 Å². The lowest BCUT2D eigenvalue weighted by molar-refractivity contribution is 1.38. The summed E-state index contributed by atoms with van der Waals surface area (Å²) in [7, 11) is 0. The molecule has 2 aliphatic rings. The normalized spacial score (nSPS) is 14.5. The van der Waals surface area contributed by atoms with Crippen LogP contribution in [0.25, 0.3) is 33.7 Å². The summed E-state index contributed by atoms with van der Waals surface area (Å²) in [6, 6.07) is 26.5. The van der Waals surface area contributed by atoms with Crippen LogP contribution in [-0.2, 0) is 0 Å². The van der Waals surface area contributed by atoms with Crippen molar-refractivity contribution >= 4 is 51.7 Å². The van der Waals surface area contributed by atoms with Crippen LogP contribution in [0.2, 0.25) is 0 Å². The summed E-state index contributed by atoms with van der Waals surface area (Å²) in [5, 5.41) is 5.19. The molecule has 4 aromatic carbocycles. The zero-order valence-electron chi connectivity index (χ0n) is 14.3. The summed E-state index contributed by atoms with van der Waals surface area (Å²) in [6.07, 6.45) is 6.76. The molecule has 2 heteroatoms. The molecule has 0 saturated heterocycles. The van der Waals surface area contributed by atoms with Crippen molar-refractivity contribution in [1.29, 1.82) is 0 Å². The molecular formula is C24H16BN. The first-order valence-corrected chi connectivity index (χ1v) is 9.07. The van der Waals surface area contributed by atoms with E-state index in [0.29, 0.717) is 0 Å². The minimum absolute atomic E-state index is 0.258. The smallest absolute Gasteiger partial charge is 0.320 e. The highest BCUT2D eigenvalue weighted by Crippen LogP contribution is 2.34. The standard InChI is InChI=1S/C24H16BN/c1-3-7-19-15-23-21(13-17(19)5-1)10-12-26-24-16-20-8-4-2-6-18(20)14-22(24)9-11-25(23)26/h1-16H. The van der Waals surface area contributed by atoms with Crippen molar-refractivity contribution in [2.24, 2.45) is 0 Å². The van der Waals surface area contributed by atoms with Crippen molar-refractivity contribution in [3.63, 3.8) is 0 Å². The molecule has 0 N–H and O–H groups in total. The maximum atomic E-state index is 2.40. The Bertz CT molecular complexity index is 1150. The molecule has 0 radical (unpaired) electrons. The van der Waals surface area contributed by atoms with Gasteiger partial charge in [-0.25, -0.2) is 0 Å². The highest BCUT2D eigenvalue weighted by atomic mass is 15.1. The number of hydrogen-bond donors (Lipinski definition) is 0. The van der Waals surface area contributed by atoms with Crippen LogP contribution < -0.4 is 10.3 Å². The number of benzene rings is 4. The van der Waals surface area contributed by atoms with Crippen LogP contribution >= 0.6 is 0 Å². The van der Waals surface area contributed by atoms with Crippen LogP contribution in [0.3, 0.4) is 0 Å². The second kappa shape index (κ2) is 5.12. The molecule has 0 saturated carbocycles. The fourth-order valence-electron chi connectivity index (χ4n) is 4.30. The zero-order chi connectivity index (χ0) is 17.1. The van der Waals surface area contributed by atoms with Crippen molar-refractivity contribution in [3.8, 4) is 0 Å². The molecule has 1 nitrogen and oxygen atoms in total. The van der Waals surface area contributed by atoms with E-state index >= 15 is 0 Å². The van der Waals surface area contributed by atoms with E-state index in [1.807, 2.05) is 0 Å². The van der Waals surface area contributed by atoms with E-state index in [0.717, 1.165) is 0 Å². The van der Waals surface area contributed by atoms with E-state index in [1.54, 1.807) is 0 Å². The molecule has 6 rings (SSSR count). The fourth-order valence-corrected chi connectivity index (χ4v) is 4.30. The van der Waals surface area contributed by atoms with Gasteiger partial charge in [0.25, 0.3) is 0 Å². The molecule has 120 valence electrons. The van der Waals surface area contributed by atoms with Crippen LogP contribution in [0.4, 0.5) is 5.69 Å². The van der Waals surface area contributed by atoms with Gasteiger partial charge in [0.15, 0.2) is 0 Å². The molecule has 0 bridgehead atoms. The molecule has 4 aromatic rings. The SMILES string of the molecule is C1=Cc2cc3ccccc3cc2N2C=Cc3cc4ccccc4cc3B12. The number of rotatable bonds is 0. The lowest BCUT2D eigenvalue weighted by Crippen LogP contribution is -2.49. The van der Waals surface area contributed by atoms with Gasteiger partial charge in [0.1, 0.15) is 0 Å². The van der Waals surface area contributed by atoms with Crippen LogP contribution in [0.15, 0.2) is 85.0 Å². The number of nitrogens with zero attached hydrogens (tertiary/aromatic N) is 1. The molecule has 0 fully saturated rings. The minimum atomic E-state index is 0.258. The second-order valence-electron chi connectivity index (χ2n) is 7.11.